The summed E-state index contributed by atoms with van der Waals surface area (Å²) < 4.78 is 12.8. The number of nitrogens with zero attached hydrogens (tertiary/aromatic N) is 2. The van der Waals surface area contributed by atoms with Gasteiger partial charge in [-0.25, -0.2) is 0 Å². The van der Waals surface area contributed by atoms with Gasteiger partial charge in [0, 0.05) is 73.2 Å². The summed E-state index contributed by atoms with van der Waals surface area (Å²) in [7, 11) is 0. The Morgan fingerprint density at radius 3 is 2.70 bits per heavy atom. The number of morpholine rings is 1. The van der Waals surface area contributed by atoms with E-state index >= 15 is 0 Å². The number of pyridine rings is 1. The van der Waals surface area contributed by atoms with Crippen molar-refractivity contribution in [2.45, 2.75) is 37.8 Å². The average Bonchev–Trinajstić information content (AvgIpc) is 3.04. The summed E-state index contributed by atoms with van der Waals surface area (Å²) in [5.74, 6) is 1.78. The van der Waals surface area contributed by atoms with Crippen LogP contribution in [-0.2, 0) is 17.6 Å². The van der Waals surface area contributed by atoms with Crippen molar-refractivity contribution in [2.24, 2.45) is 0 Å². The summed E-state index contributed by atoms with van der Waals surface area (Å²) in [5, 5.41) is 4.65. The number of rotatable bonds is 7. The highest BCUT2D eigenvalue weighted by molar-refractivity contribution is 6.31. The van der Waals surface area contributed by atoms with Gasteiger partial charge in [-0.15, -0.1) is 0 Å². The van der Waals surface area contributed by atoms with Crippen molar-refractivity contribution in [1.29, 1.82) is 0 Å². The standard InChI is InChI=1S/C35H37ClN4O3/c36-30-8-2-1-5-24(30)12-16-39-17-13-27(14-18-39)38-28-10-11-32-26(22-28)21-25-6-3-7-29(34(25)43-32)33-23-40(19-20-42-33)31-9-4-15-37-35(31)41/h1-11,15,22,27,33,38H,12-14,16-21,23H2,(H,37,41). The number of aromatic nitrogens is 1. The molecular weight excluding hydrogens is 560 g/mol. The van der Waals surface area contributed by atoms with Crippen molar-refractivity contribution in [3.8, 4) is 11.5 Å². The van der Waals surface area contributed by atoms with Gasteiger partial charge in [0.2, 0.25) is 0 Å². The van der Waals surface area contributed by atoms with Gasteiger partial charge in [0.1, 0.15) is 23.3 Å². The number of anilines is 2. The van der Waals surface area contributed by atoms with Crippen molar-refractivity contribution in [2.75, 3.05) is 49.5 Å². The predicted molar refractivity (Wildman–Crippen MR) is 172 cm³/mol. The zero-order valence-corrected chi connectivity index (χ0v) is 25.0. The minimum Gasteiger partial charge on any atom is -0.456 e. The van der Waals surface area contributed by atoms with E-state index < -0.39 is 0 Å². The zero-order chi connectivity index (χ0) is 29.2. The maximum absolute atomic E-state index is 12.4. The first-order chi connectivity index (χ1) is 21.1. The lowest BCUT2D eigenvalue weighted by molar-refractivity contribution is 0.0383. The molecule has 0 aliphatic carbocycles. The Kier molecular flexibility index (Phi) is 8.11. The fourth-order valence-electron chi connectivity index (χ4n) is 6.58. The molecule has 3 aliphatic rings. The van der Waals surface area contributed by atoms with Crippen LogP contribution in [0.15, 0.2) is 83.8 Å². The Morgan fingerprint density at radius 1 is 0.953 bits per heavy atom. The predicted octanol–water partition coefficient (Wildman–Crippen LogP) is 6.42. The highest BCUT2D eigenvalue weighted by atomic mass is 35.5. The SMILES string of the molecule is O=c1[nH]cccc1N1CCOC(c2cccc3c2Oc2ccc(NC4CCN(CCc5ccccc5Cl)CC4)cc2C3)C1. The maximum Gasteiger partial charge on any atom is 0.271 e. The molecule has 0 radical (unpaired) electrons. The smallest absolute Gasteiger partial charge is 0.271 e. The minimum absolute atomic E-state index is 0.0770. The molecule has 222 valence electrons. The quantitative estimate of drug-likeness (QED) is 0.226. The second kappa shape index (κ2) is 12.4. The van der Waals surface area contributed by atoms with Gasteiger partial charge < -0.3 is 29.6 Å². The molecule has 3 aromatic carbocycles. The lowest BCUT2D eigenvalue weighted by atomic mass is 9.95. The first-order valence-electron chi connectivity index (χ1n) is 15.3. The summed E-state index contributed by atoms with van der Waals surface area (Å²) in [4.78, 5) is 19.8. The molecule has 2 fully saturated rings. The molecule has 1 aromatic heterocycles. The molecule has 4 aromatic rings. The van der Waals surface area contributed by atoms with Crippen molar-refractivity contribution < 1.29 is 9.47 Å². The molecule has 3 aliphatic heterocycles. The van der Waals surface area contributed by atoms with Gasteiger partial charge in [-0.1, -0.05) is 48.0 Å². The average molecular weight is 597 g/mol. The molecule has 1 atom stereocenters. The molecule has 2 saturated heterocycles. The van der Waals surface area contributed by atoms with E-state index in [-0.39, 0.29) is 11.7 Å². The van der Waals surface area contributed by atoms with Crippen LogP contribution in [0.5, 0.6) is 11.5 Å². The largest absolute Gasteiger partial charge is 0.456 e. The highest BCUT2D eigenvalue weighted by Gasteiger charge is 2.29. The second-order valence-electron chi connectivity index (χ2n) is 11.7. The number of hydrogen-bond donors (Lipinski definition) is 2. The monoisotopic (exact) mass is 596 g/mol. The number of hydrogen-bond acceptors (Lipinski definition) is 6. The number of likely N-dealkylation sites (tertiary alicyclic amines) is 1. The van der Waals surface area contributed by atoms with Crippen LogP contribution in [0.2, 0.25) is 5.02 Å². The fourth-order valence-corrected chi connectivity index (χ4v) is 6.81. The van der Waals surface area contributed by atoms with Crippen molar-refractivity contribution in [3.63, 3.8) is 0 Å². The lowest BCUT2D eigenvalue weighted by Gasteiger charge is -2.35. The van der Waals surface area contributed by atoms with Gasteiger partial charge in [0.05, 0.1) is 6.61 Å². The first-order valence-corrected chi connectivity index (χ1v) is 15.7. The van der Waals surface area contributed by atoms with Crippen LogP contribution in [-0.4, -0.2) is 55.3 Å². The van der Waals surface area contributed by atoms with E-state index in [0.29, 0.717) is 31.4 Å². The fraction of sp³-hybridized carbons (Fsp3) is 0.343. The van der Waals surface area contributed by atoms with Crippen molar-refractivity contribution in [1.82, 2.24) is 9.88 Å². The number of para-hydroxylation sites is 1. The summed E-state index contributed by atoms with van der Waals surface area (Å²) in [6.07, 6.45) is 5.52. The van der Waals surface area contributed by atoms with E-state index in [1.54, 1.807) is 6.20 Å². The van der Waals surface area contributed by atoms with E-state index in [1.807, 2.05) is 24.3 Å². The Balaban J connectivity index is 0.979. The number of benzene rings is 3. The molecule has 4 heterocycles. The number of fused-ring (bicyclic) bond motifs is 2. The maximum atomic E-state index is 12.4. The highest BCUT2D eigenvalue weighted by Crippen LogP contribution is 2.43. The van der Waals surface area contributed by atoms with Gasteiger partial charge in [-0.3, -0.25) is 4.79 Å². The molecule has 8 heteroatoms. The summed E-state index contributed by atoms with van der Waals surface area (Å²) in [6, 6.07) is 25.1. The number of H-pyrrole nitrogens is 1. The molecule has 43 heavy (non-hydrogen) atoms. The van der Waals surface area contributed by atoms with Crippen LogP contribution in [0.25, 0.3) is 0 Å². The van der Waals surface area contributed by atoms with Gasteiger partial charge in [-0.05, 0) is 66.8 Å². The molecule has 2 N–H and O–H groups in total. The molecule has 0 spiro atoms. The molecule has 0 saturated carbocycles. The topological polar surface area (TPSA) is 69.8 Å². The molecule has 7 nitrogen and oxygen atoms in total. The second-order valence-corrected chi connectivity index (χ2v) is 12.1. The van der Waals surface area contributed by atoms with Gasteiger partial charge in [0.25, 0.3) is 5.56 Å². The third kappa shape index (κ3) is 6.16. The summed E-state index contributed by atoms with van der Waals surface area (Å²) in [5.41, 5.74) is 6.36. The number of piperidine rings is 1. The van der Waals surface area contributed by atoms with E-state index in [2.05, 4.69) is 68.6 Å². The van der Waals surface area contributed by atoms with Crippen molar-refractivity contribution in [3.05, 3.63) is 117 Å². The van der Waals surface area contributed by atoms with E-state index in [4.69, 9.17) is 21.1 Å². The Morgan fingerprint density at radius 2 is 1.84 bits per heavy atom. The lowest BCUT2D eigenvalue weighted by Crippen LogP contribution is -2.41. The van der Waals surface area contributed by atoms with Crippen molar-refractivity contribution >= 4 is 23.0 Å². The van der Waals surface area contributed by atoms with Crippen LogP contribution in [0.1, 0.15) is 41.2 Å². The van der Waals surface area contributed by atoms with Crippen LogP contribution in [0.3, 0.4) is 0 Å². The van der Waals surface area contributed by atoms with E-state index in [1.165, 1.54) is 11.1 Å². The van der Waals surface area contributed by atoms with Gasteiger partial charge >= 0.3 is 0 Å². The minimum atomic E-state index is -0.179. The normalized spacial score (nSPS) is 18.9. The molecular formula is C35H37ClN4O3. The zero-order valence-electron chi connectivity index (χ0n) is 24.2. The van der Waals surface area contributed by atoms with E-state index in [0.717, 1.165) is 78.7 Å². The molecule has 7 rings (SSSR count). The molecule has 1 unspecified atom stereocenters. The summed E-state index contributed by atoms with van der Waals surface area (Å²) in [6.45, 7) is 5.05. The van der Waals surface area contributed by atoms with Crippen LogP contribution in [0, 0.1) is 0 Å². The molecule has 0 bridgehead atoms. The number of aromatic amines is 1. The molecule has 0 amide bonds. The number of halogens is 1. The van der Waals surface area contributed by atoms with Crippen LogP contribution < -0.4 is 20.5 Å². The third-order valence-electron chi connectivity index (χ3n) is 8.95. The van der Waals surface area contributed by atoms with Gasteiger partial charge in [-0.2, -0.15) is 0 Å². The summed E-state index contributed by atoms with van der Waals surface area (Å²) >= 11 is 6.35. The van der Waals surface area contributed by atoms with E-state index in [9.17, 15) is 4.79 Å². The Hall–Kier alpha value is -3.78. The number of ether oxygens (including phenoxy) is 2. The third-order valence-corrected chi connectivity index (χ3v) is 9.31. The van der Waals surface area contributed by atoms with Crippen LogP contribution in [0.4, 0.5) is 11.4 Å². The number of nitrogens with one attached hydrogen (secondary N) is 2. The first kappa shape index (κ1) is 28.0. The van der Waals surface area contributed by atoms with Gasteiger partial charge in [0.15, 0.2) is 0 Å². The Bertz CT molecular complexity index is 1650. The Labute approximate surface area is 257 Å². The van der Waals surface area contributed by atoms with Crippen LogP contribution >= 0.6 is 11.6 Å².